The number of nitrogen functional groups attached to an aromatic ring is 1. The Balaban J connectivity index is 1.91. The van der Waals surface area contributed by atoms with E-state index in [2.05, 4.69) is 19.8 Å². The highest BCUT2D eigenvalue weighted by Gasteiger charge is 2.22. The van der Waals surface area contributed by atoms with Gasteiger partial charge in [0, 0.05) is 12.6 Å². The Morgan fingerprint density at radius 2 is 2.23 bits per heavy atom. The number of methoxy groups -OCH3 is 1. The monoisotopic (exact) mass is 299 g/mol. The maximum absolute atomic E-state index is 11.6. The van der Waals surface area contributed by atoms with Crippen LogP contribution in [0.1, 0.15) is 21.9 Å². The summed E-state index contributed by atoms with van der Waals surface area (Å²) in [6.07, 6.45) is 0. The molecule has 2 aromatic heterocycles. The van der Waals surface area contributed by atoms with Gasteiger partial charge in [0.25, 0.3) is 0 Å². The molecule has 0 fully saturated rings. The fourth-order valence-corrected chi connectivity index (χ4v) is 2.30. The highest BCUT2D eigenvalue weighted by molar-refractivity contribution is 5.88. The maximum atomic E-state index is 11.6. The molecule has 0 radical (unpaired) electrons. The number of esters is 1. The van der Waals surface area contributed by atoms with E-state index in [-0.39, 0.29) is 11.5 Å². The third kappa shape index (κ3) is 2.42. The first-order valence-electron chi connectivity index (χ1n) is 6.55. The van der Waals surface area contributed by atoms with Crippen LogP contribution >= 0.6 is 0 Å². The number of hydrogen-bond acceptors (Lipinski definition) is 8. The van der Waals surface area contributed by atoms with Crippen molar-refractivity contribution in [2.75, 3.05) is 24.3 Å². The summed E-state index contributed by atoms with van der Waals surface area (Å²) >= 11 is 0. The number of aromatic nitrogens is 4. The van der Waals surface area contributed by atoms with Crippen molar-refractivity contribution in [3.05, 3.63) is 29.2 Å². The fourth-order valence-electron chi connectivity index (χ4n) is 2.30. The fraction of sp³-hybridized carbons (Fsp3) is 0.308. The largest absolute Gasteiger partial charge is 0.464 e. The van der Waals surface area contributed by atoms with Gasteiger partial charge in [-0.15, -0.1) is 0 Å². The van der Waals surface area contributed by atoms with Gasteiger partial charge in [-0.3, -0.25) is 4.68 Å². The first-order valence-corrected chi connectivity index (χ1v) is 6.55. The second-order valence-electron chi connectivity index (χ2n) is 4.75. The van der Waals surface area contributed by atoms with E-state index in [9.17, 15) is 4.79 Å². The van der Waals surface area contributed by atoms with Gasteiger partial charge in [0.15, 0.2) is 11.4 Å². The van der Waals surface area contributed by atoms with E-state index in [0.717, 1.165) is 5.69 Å². The molecule has 0 atom stereocenters. The van der Waals surface area contributed by atoms with Crippen LogP contribution in [0.25, 0.3) is 0 Å². The van der Waals surface area contributed by atoms with Crippen molar-refractivity contribution in [1.29, 1.82) is 5.26 Å². The van der Waals surface area contributed by atoms with Crippen molar-refractivity contribution in [1.82, 2.24) is 19.7 Å². The van der Waals surface area contributed by atoms with E-state index < -0.39 is 5.97 Å². The molecule has 0 spiro atoms. The molecule has 0 amide bonds. The Morgan fingerprint density at radius 3 is 2.95 bits per heavy atom. The van der Waals surface area contributed by atoms with Crippen LogP contribution in [0.15, 0.2) is 12.1 Å². The summed E-state index contributed by atoms with van der Waals surface area (Å²) in [6, 6.07) is 5.11. The Morgan fingerprint density at radius 1 is 1.41 bits per heavy atom. The summed E-state index contributed by atoms with van der Waals surface area (Å²) in [7, 11) is 1.28. The van der Waals surface area contributed by atoms with Crippen LogP contribution in [0.3, 0.4) is 0 Å². The number of fused-ring (bicyclic) bond motifs is 1. The molecule has 3 heterocycles. The van der Waals surface area contributed by atoms with Gasteiger partial charge < -0.3 is 15.4 Å². The summed E-state index contributed by atoms with van der Waals surface area (Å²) in [5.74, 6) is -0.0160. The molecule has 9 nitrogen and oxygen atoms in total. The molecule has 2 N–H and O–H groups in total. The second-order valence-corrected chi connectivity index (χ2v) is 4.75. The van der Waals surface area contributed by atoms with Crippen LogP contribution in [0.4, 0.5) is 11.8 Å². The predicted octanol–water partition coefficient (Wildman–Crippen LogP) is -0.0662. The van der Waals surface area contributed by atoms with Crippen LogP contribution in [-0.4, -0.2) is 39.4 Å². The lowest BCUT2D eigenvalue weighted by molar-refractivity contribution is 0.0594. The number of hydrogen-bond donors (Lipinski definition) is 1. The van der Waals surface area contributed by atoms with Gasteiger partial charge in [-0.05, 0) is 6.07 Å². The van der Waals surface area contributed by atoms with Crippen molar-refractivity contribution in [2.24, 2.45) is 0 Å². The highest BCUT2D eigenvalue weighted by Crippen LogP contribution is 2.19. The van der Waals surface area contributed by atoms with Crippen molar-refractivity contribution >= 4 is 17.7 Å². The summed E-state index contributed by atoms with van der Waals surface area (Å²) in [4.78, 5) is 21.8. The van der Waals surface area contributed by atoms with Crippen LogP contribution < -0.4 is 10.6 Å². The van der Waals surface area contributed by atoms with Gasteiger partial charge in [0.1, 0.15) is 11.9 Å². The molecule has 1 aliphatic rings. The summed E-state index contributed by atoms with van der Waals surface area (Å²) in [6.45, 7) is 1.69. The van der Waals surface area contributed by atoms with E-state index in [0.29, 0.717) is 31.3 Å². The van der Waals surface area contributed by atoms with Gasteiger partial charge >= 0.3 is 5.97 Å². The van der Waals surface area contributed by atoms with Gasteiger partial charge in [-0.2, -0.15) is 15.3 Å². The van der Waals surface area contributed by atoms with Crippen LogP contribution in [0.5, 0.6) is 0 Å². The number of carbonyl (C=O) groups excluding carboxylic acids is 1. The molecule has 0 aromatic carbocycles. The number of nitriles is 1. The third-order valence-electron chi connectivity index (χ3n) is 3.32. The Hall–Kier alpha value is -3.15. The number of nitrogens with two attached hydrogens (primary N) is 1. The summed E-state index contributed by atoms with van der Waals surface area (Å²) in [5.41, 5.74) is 7.10. The van der Waals surface area contributed by atoms with E-state index in [4.69, 9.17) is 11.0 Å². The molecule has 0 saturated carbocycles. The van der Waals surface area contributed by atoms with E-state index in [1.807, 2.05) is 11.0 Å². The zero-order valence-electron chi connectivity index (χ0n) is 11.9. The number of carbonyl (C=O) groups is 1. The Bertz CT molecular complexity index is 777. The minimum absolute atomic E-state index is 0.113. The first kappa shape index (κ1) is 13.8. The average Bonchev–Trinajstić information content (AvgIpc) is 2.95. The Kier molecular flexibility index (Phi) is 3.34. The molecule has 0 saturated heterocycles. The highest BCUT2D eigenvalue weighted by atomic mass is 16.5. The van der Waals surface area contributed by atoms with Crippen molar-refractivity contribution in [3.8, 4) is 6.07 Å². The molecule has 1 aliphatic heterocycles. The second kappa shape index (κ2) is 5.33. The van der Waals surface area contributed by atoms with Crippen molar-refractivity contribution in [3.63, 3.8) is 0 Å². The maximum Gasteiger partial charge on any atom is 0.356 e. The topological polar surface area (TPSA) is 123 Å². The SMILES string of the molecule is COC(=O)c1cc(N)nc(N2CCn3nc(C#N)cc3C2)n1. The first-order chi connectivity index (χ1) is 10.6. The van der Waals surface area contributed by atoms with Gasteiger partial charge in [0.2, 0.25) is 5.95 Å². The van der Waals surface area contributed by atoms with Crippen molar-refractivity contribution in [2.45, 2.75) is 13.1 Å². The molecule has 0 aliphatic carbocycles. The normalized spacial score (nSPS) is 13.4. The lowest BCUT2D eigenvalue weighted by Crippen LogP contribution is -2.35. The molecular formula is C13H13N7O2. The number of rotatable bonds is 2. The number of ether oxygens (including phenoxy) is 1. The van der Waals surface area contributed by atoms with Crippen LogP contribution in [-0.2, 0) is 17.8 Å². The number of anilines is 2. The van der Waals surface area contributed by atoms with Gasteiger partial charge in [0.05, 0.1) is 25.9 Å². The standard InChI is InChI=1S/C13H13N7O2/c1-22-12(21)10-5-11(15)17-13(16-10)19-2-3-20-9(7-19)4-8(6-14)18-20/h4-5H,2-3,7H2,1H3,(H2,15,16,17). The molecule has 0 bridgehead atoms. The Labute approximate surface area is 125 Å². The zero-order valence-corrected chi connectivity index (χ0v) is 11.9. The lowest BCUT2D eigenvalue weighted by atomic mass is 10.3. The lowest BCUT2D eigenvalue weighted by Gasteiger charge is -2.27. The average molecular weight is 299 g/mol. The minimum atomic E-state index is -0.566. The van der Waals surface area contributed by atoms with Gasteiger partial charge in [-0.25, -0.2) is 9.78 Å². The smallest absolute Gasteiger partial charge is 0.356 e. The van der Waals surface area contributed by atoms with E-state index in [1.54, 1.807) is 10.7 Å². The molecule has 22 heavy (non-hydrogen) atoms. The minimum Gasteiger partial charge on any atom is -0.464 e. The van der Waals surface area contributed by atoms with Gasteiger partial charge in [-0.1, -0.05) is 0 Å². The molecule has 112 valence electrons. The van der Waals surface area contributed by atoms with E-state index in [1.165, 1.54) is 13.2 Å². The summed E-state index contributed by atoms with van der Waals surface area (Å²) < 4.78 is 6.43. The third-order valence-corrected chi connectivity index (χ3v) is 3.32. The molecule has 0 unspecified atom stereocenters. The molecule has 2 aromatic rings. The van der Waals surface area contributed by atoms with Crippen LogP contribution in [0.2, 0.25) is 0 Å². The molecule has 3 rings (SSSR count). The zero-order chi connectivity index (χ0) is 15.7. The quantitative estimate of drug-likeness (QED) is 0.765. The van der Waals surface area contributed by atoms with Crippen molar-refractivity contribution < 1.29 is 9.53 Å². The predicted molar refractivity (Wildman–Crippen MR) is 75.8 cm³/mol. The molecular weight excluding hydrogens is 286 g/mol. The van der Waals surface area contributed by atoms with Crippen LogP contribution in [0, 0.1) is 11.3 Å². The molecule has 9 heteroatoms. The summed E-state index contributed by atoms with van der Waals surface area (Å²) in [5, 5.41) is 13.1. The van der Waals surface area contributed by atoms with E-state index >= 15 is 0 Å². The number of nitrogens with zero attached hydrogens (tertiary/aromatic N) is 6.